The van der Waals surface area contributed by atoms with Crippen LogP contribution < -0.4 is 4.90 Å². The van der Waals surface area contributed by atoms with Crippen LogP contribution in [-0.2, 0) is 4.74 Å². The third-order valence-corrected chi connectivity index (χ3v) is 3.31. The first-order valence-electron chi connectivity index (χ1n) is 6.45. The number of hydrogen-bond acceptors (Lipinski definition) is 4. The Hall–Kier alpha value is -1.68. The van der Waals surface area contributed by atoms with Gasteiger partial charge in [0.2, 0.25) is 0 Å². The van der Waals surface area contributed by atoms with Crippen LogP contribution in [-0.4, -0.2) is 35.8 Å². The smallest absolute Gasteiger partial charge is 0.147 e. The van der Waals surface area contributed by atoms with Crippen LogP contribution in [0.15, 0.2) is 30.5 Å². The molecule has 4 nitrogen and oxygen atoms in total. The van der Waals surface area contributed by atoms with E-state index in [1.165, 1.54) is 0 Å². The van der Waals surface area contributed by atoms with Gasteiger partial charge in [0.25, 0.3) is 0 Å². The van der Waals surface area contributed by atoms with E-state index in [0.717, 1.165) is 43.0 Å². The number of rotatable bonds is 3. The molecule has 0 aliphatic carbocycles. The first-order valence-corrected chi connectivity index (χ1v) is 6.45. The van der Waals surface area contributed by atoms with Crippen molar-refractivity contribution in [2.45, 2.75) is 19.4 Å². The van der Waals surface area contributed by atoms with Crippen molar-refractivity contribution in [3.63, 3.8) is 0 Å². The SMILES string of the molecule is CCOC1CCN(c2cnc3ccccc3n2)C1. The van der Waals surface area contributed by atoms with Crippen molar-refractivity contribution < 1.29 is 4.74 Å². The second-order valence-electron chi connectivity index (χ2n) is 4.53. The van der Waals surface area contributed by atoms with Gasteiger partial charge in [-0.1, -0.05) is 12.1 Å². The van der Waals surface area contributed by atoms with E-state index in [1.807, 2.05) is 37.4 Å². The number of para-hydroxylation sites is 2. The molecular weight excluding hydrogens is 226 g/mol. The standard InChI is InChI=1S/C14H17N3O/c1-2-18-11-7-8-17(10-11)14-9-15-12-5-3-4-6-13(12)16-14/h3-6,9,11H,2,7-8,10H2,1H3. The number of aromatic nitrogens is 2. The highest BCUT2D eigenvalue weighted by molar-refractivity contribution is 5.75. The molecular formula is C14H17N3O. The Balaban J connectivity index is 1.82. The molecule has 2 heterocycles. The third-order valence-electron chi connectivity index (χ3n) is 3.31. The van der Waals surface area contributed by atoms with Gasteiger partial charge in [-0.25, -0.2) is 4.98 Å². The fourth-order valence-electron chi connectivity index (χ4n) is 2.41. The van der Waals surface area contributed by atoms with Crippen LogP contribution >= 0.6 is 0 Å². The van der Waals surface area contributed by atoms with E-state index in [2.05, 4.69) is 14.9 Å². The summed E-state index contributed by atoms with van der Waals surface area (Å²) in [6.45, 7) is 4.74. The zero-order chi connectivity index (χ0) is 12.4. The molecule has 1 aromatic heterocycles. The number of ether oxygens (including phenoxy) is 1. The van der Waals surface area contributed by atoms with Crippen molar-refractivity contribution in [2.75, 3.05) is 24.6 Å². The Labute approximate surface area is 107 Å². The zero-order valence-corrected chi connectivity index (χ0v) is 10.5. The minimum atomic E-state index is 0.336. The van der Waals surface area contributed by atoms with Crippen molar-refractivity contribution in [2.24, 2.45) is 0 Å². The van der Waals surface area contributed by atoms with Crippen molar-refractivity contribution in [1.29, 1.82) is 0 Å². The maximum atomic E-state index is 5.65. The molecule has 1 atom stereocenters. The maximum Gasteiger partial charge on any atom is 0.147 e. The average molecular weight is 243 g/mol. The average Bonchev–Trinajstić information content (AvgIpc) is 2.87. The molecule has 0 N–H and O–H groups in total. The second-order valence-corrected chi connectivity index (χ2v) is 4.53. The molecule has 0 bridgehead atoms. The first kappa shape index (κ1) is 11.4. The number of anilines is 1. The quantitative estimate of drug-likeness (QED) is 0.828. The summed E-state index contributed by atoms with van der Waals surface area (Å²) in [6, 6.07) is 7.96. The van der Waals surface area contributed by atoms with E-state index in [1.54, 1.807) is 0 Å². The number of benzene rings is 1. The van der Waals surface area contributed by atoms with Gasteiger partial charge in [0.1, 0.15) is 5.82 Å². The highest BCUT2D eigenvalue weighted by atomic mass is 16.5. The van der Waals surface area contributed by atoms with Crippen LogP contribution in [0.3, 0.4) is 0 Å². The Bertz CT molecular complexity index is 543. The summed E-state index contributed by atoms with van der Waals surface area (Å²) in [6.07, 6.45) is 3.27. The van der Waals surface area contributed by atoms with Gasteiger partial charge in [0.05, 0.1) is 23.3 Å². The van der Waals surface area contributed by atoms with Gasteiger partial charge in [-0.3, -0.25) is 4.98 Å². The van der Waals surface area contributed by atoms with Crippen molar-refractivity contribution in [3.8, 4) is 0 Å². The summed E-state index contributed by atoms with van der Waals surface area (Å²) >= 11 is 0. The van der Waals surface area contributed by atoms with E-state index in [4.69, 9.17) is 4.74 Å². The molecule has 94 valence electrons. The van der Waals surface area contributed by atoms with Crippen LogP contribution in [0, 0.1) is 0 Å². The topological polar surface area (TPSA) is 38.2 Å². The van der Waals surface area contributed by atoms with Crippen LogP contribution in [0.1, 0.15) is 13.3 Å². The normalized spacial score (nSPS) is 19.6. The molecule has 1 aromatic carbocycles. The van der Waals surface area contributed by atoms with Crippen LogP contribution in [0.4, 0.5) is 5.82 Å². The lowest BCUT2D eigenvalue weighted by molar-refractivity contribution is 0.0787. The number of hydrogen-bond donors (Lipinski definition) is 0. The lowest BCUT2D eigenvalue weighted by atomic mass is 10.3. The monoisotopic (exact) mass is 243 g/mol. The molecule has 1 aliphatic heterocycles. The summed E-state index contributed by atoms with van der Waals surface area (Å²) in [4.78, 5) is 11.4. The molecule has 1 unspecified atom stereocenters. The van der Waals surface area contributed by atoms with E-state index < -0.39 is 0 Å². The zero-order valence-electron chi connectivity index (χ0n) is 10.5. The highest BCUT2D eigenvalue weighted by Crippen LogP contribution is 2.21. The van der Waals surface area contributed by atoms with Gasteiger partial charge >= 0.3 is 0 Å². The van der Waals surface area contributed by atoms with E-state index in [0.29, 0.717) is 6.10 Å². The molecule has 0 amide bonds. The van der Waals surface area contributed by atoms with E-state index in [-0.39, 0.29) is 0 Å². The van der Waals surface area contributed by atoms with Gasteiger partial charge < -0.3 is 9.64 Å². The summed E-state index contributed by atoms with van der Waals surface area (Å²) < 4.78 is 5.65. The second kappa shape index (κ2) is 4.90. The minimum absolute atomic E-state index is 0.336. The third kappa shape index (κ3) is 2.16. The van der Waals surface area contributed by atoms with Gasteiger partial charge in [0, 0.05) is 19.7 Å². The Morgan fingerprint density at radius 2 is 2.17 bits per heavy atom. The predicted molar refractivity (Wildman–Crippen MR) is 71.8 cm³/mol. The first-order chi connectivity index (χ1) is 8.86. The molecule has 2 aromatic rings. The molecule has 4 heteroatoms. The Kier molecular flexibility index (Phi) is 3.11. The van der Waals surface area contributed by atoms with Crippen LogP contribution in [0.2, 0.25) is 0 Å². The maximum absolute atomic E-state index is 5.65. The fourth-order valence-corrected chi connectivity index (χ4v) is 2.41. The summed E-state index contributed by atoms with van der Waals surface area (Å²) in [5.74, 6) is 0.955. The van der Waals surface area contributed by atoms with E-state index >= 15 is 0 Å². The fraction of sp³-hybridized carbons (Fsp3) is 0.429. The van der Waals surface area contributed by atoms with Crippen molar-refractivity contribution >= 4 is 16.9 Å². The molecule has 0 saturated carbocycles. The largest absolute Gasteiger partial charge is 0.377 e. The van der Waals surface area contributed by atoms with Crippen molar-refractivity contribution in [3.05, 3.63) is 30.5 Å². The van der Waals surface area contributed by atoms with Gasteiger partial charge in [-0.2, -0.15) is 0 Å². The van der Waals surface area contributed by atoms with Crippen LogP contribution in [0.5, 0.6) is 0 Å². The molecule has 3 rings (SSSR count). The van der Waals surface area contributed by atoms with Crippen molar-refractivity contribution in [1.82, 2.24) is 9.97 Å². The molecule has 1 saturated heterocycles. The predicted octanol–water partition coefficient (Wildman–Crippen LogP) is 2.25. The lowest BCUT2D eigenvalue weighted by Gasteiger charge is -2.17. The highest BCUT2D eigenvalue weighted by Gasteiger charge is 2.23. The van der Waals surface area contributed by atoms with E-state index in [9.17, 15) is 0 Å². The Morgan fingerprint density at radius 3 is 3.00 bits per heavy atom. The van der Waals surface area contributed by atoms with Gasteiger partial charge in [-0.15, -0.1) is 0 Å². The molecule has 1 fully saturated rings. The lowest BCUT2D eigenvalue weighted by Crippen LogP contribution is -2.23. The summed E-state index contributed by atoms with van der Waals surface area (Å²) in [5, 5.41) is 0. The number of nitrogens with zero attached hydrogens (tertiary/aromatic N) is 3. The molecule has 0 spiro atoms. The van der Waals surface area contributed by atoms with Gasteiger partial charge in [-0.05, 0) is 25.5 Å². The summed E-state index contributed by atoms with van der Waals surface area (Å²) in [5.41, 5.74) is 1.90. The number of fused-ring (bicyclic) bond motifs is 1. The molecule has 0 radical (unpaired) electrons. The van der Waals surface area contributed by atoms with Crippen LogP contribution in [0.25, 0.3) is 11.0 Å². The Morgan fingerprint density at radius 1 is 1.33 bits per heavy atom. The summed E-state index contributed by atoms with van der Waals surface area (Å²) in [7, 11) is 0. The molecule has 18 heavy (non-hydrogen) atoms. The van der Waals surface area contributed by atoms with Gasteiger partial charge in [0.15, 0.2) is 0 Å². The molecule has 1 aliphatic rings. The minimum Gasteiger partial charge on any atom is -0.377 e.